The molecule has 0 radical (unpaired) electrons. The fraction of sp³-hybridized carbons (Fsp3) is 0.160. The van der Waals surface area contributed by atoms with Crippen LogP contribution in [0, 0.1) is 0 Å². The monoisotopic (exact) mass is 441 g/mol. The van der Waals surface area contributed by atoms with Gasteiger partial charge in [-0.05, 0) is 55.3 Å². The van der Waals surface area contributed by atoms with E-state index in [1.54, 1.807) is 5.48 Å². The van der Waals surface area contributed by atoms with E-state index in [0.29, 0.717) is 19.4 Å². The van der Waals surface area contributed by atoms with Gasteiger partial charge in [0.1, 0.15) is 17.4 Å². The van der Waals surface area contributed by atoms with Crippen molar-refractivity contribution in [2.45, 2.75) is 19.3 Å². The molecule has 0 saturated carbocycles. The van der Waals surface area contributed by atoms with Gasteiger partial charge in [-0.1, -0.05) is 24.3 Å². The van der Waals surface area contributed by atoms with Crippen molar-refractivity contribution < 1.29 is 14.7 Å². The predicted octanol–water partition coefficient (Wildman–Crippen LogP) is 4.83. The van der Waals surface area contributed by atoms with E-state index in [1.807, 2.05) is 66.7 Å². The highest BCUT2D eigenvalue weighted by atomic mass is 16.5. The van der Waals surface area contributed by atoms with Crippen LogP contribution in [0.2, 0.25) is 0 Å². The number of H-pyrrole nitrogens is 2. The molecule has 0 atom stereocenters. The normalized spacial score (nSPS) is 11.2. The van der Waals surface area contributed by atoms with E-state index >= 15 is 0 Å². The Hall–Kier alpha value is -4.17. The maximum atomic E-state index is 11.0. The number of imidazole rings is 2. The Labute approximate surface area is 189 Å². The number of ether oxygens (including phenoxy) is 1. The minimum atomic E-state index is -0.384. The molecule has 0 saturated heterocycles. The summed E-state index contributed by atoms with van der Waals surface area (Å²) in [5, 5.41) is 8.52. The Balaban J connectivity index is 1.32. The largest absolute Gasteiger partial charge is 0.494 e. The molecule has 0 aliphatic rings. The zero-order chi connectivity index (χ0) is 22.6. The molecule has 0 fully saturated rings. The van der Waals surface area contributed by atoms with Crippen molar-refractivity contribution in [2.24, 2.45) is 0 Å². The van der Waals surface area contributed by atoms with E-state index in [4.69, 9.17) is 14.9 Å². The van der Waals surface area contributed by atoms with Gasteiger partial charge < -0.3 is 14.7 Å². The van der Waals surface area contributed by atoms with Crippen LogP contribution in [0.4, 0.5) is 0 Å². The van der Waals surface area contributed by atoms with Crippen LogP contribution in [0.1, 0.15) is 19.3 Å². The van der Waals surface area contributed by atoms with Gasteiger partial charge in [0, 0.05) is 17.5 Å². The highest BCUT2D eigenvalue weighted by Crippen LogP contribution is 2.27. The Morgan fingerprint density at radius 2 is 1.61 bits per heavy atom. The molecule has 1 amide bonds. The number of hydrogen-bond donors (Lipinski definition) is 4. The average Bonchev–Trinajstić information content (AvgIpc) is 3.47. The lowest BCUT2D eigenvalue weighted by molar-refractivity contribution is -0.129. The minimum absolute atomic E-state index is 0.273. The van der Waals surface area contributed by atoms with Gasteiger partial charge in [-0.2, -0.15) is 0 Å². The van der Waals surface area contributed by atoms with Gasteiger partial charge in [0.15, 0.2) is 0 Å². The summed E-state index contributed by atoms with van der Waals surface area (Å²) in [4.78, 5) is 27.2. The van der Waals surface area contributed by atoms with E-state index < -0.39 is 0 Å². The number of para-hydroxylation sites is 2. The van der Waals surface area contributed by atoms with E-state index in [-0.39, 0.29) is 12.3 Å². The maximum Gasteiger partial charge on any atom is 0.243 e. The van der Waals surface area contributed by atoms with Gasteiger partial charge in [0.25, 0.3) is 0 Å². The van der Waals surface area contributed by atoms with Crippen molar-refractivity contribution >= 4 is 28.0 Å². The van der Waals surface area contributed by atoms with Gasteiger partial charge in [-0.3, -0.25) is 10.0 Å². The second kappa shape index (κ2) is 9.13. The van der Waals surface area contributed by atoms with Gasteiger partial charge in [-0.15, -0.1) is 0 Å². The quantitative estimate of drug-likeness (QED) is 0.156. The Kier molecular flexibility index (Phi) is 5.73. The SMILES string of the molecule is O=C(CCCCOc1cccc(-c2nc3ccc(-c4nc5ccccc5[nH]4)cc3[nH]2)c1)NO. The molecule has 8 heteroatoms. The fourth-order valence-corrected chi connectivity index (χ4v) is 3.75. The lowest BCUT2D eigenvalue weighted by Gasteiger charge is -2.07. The number of hydroxylamine groups is 1. The lowest BCUT2D eigenvalue weighted by Crippen LogP contribution is -2.18. The highest BCUT2D eigenvalue weighted by molar-refractivity contribution is 5.85. The third-order valence-electron chi connectivity index (χ3n) is 5.44. The molecule has 33 heavy (non-hydrogen) atoms. The Morgan fingerprint density at radius 3 is 2.42 bits per heavy atom. The number of benzene rings is 3. The van der Waals surface area contributed by atoms with Crippen LogP contribution < -0.4 is 10.2 Å². The van der Waals surface area contributed by atoms with Crippen LogP contribution in [0.25, 0.3) is 44.8 Å². The molecule has 0 unspecified atom stereocenters. The number of carbonyl (C=O) groups is 1. The molecule has 0 bridgehead atoms. The number of nitrogens with zero attached hydrogens (tertiary/aromatic N) is 2. The van der Waals surface area contributed by atoms with Crippen molar-refractivity contribution in [3.8, 4) is 28.5 Å². The molecule has 4 N–H and O–H groups in total. The summed E-state index contributed by atoms with van der Waals surface area (Å²) >= 11 is 0. The number of aromatic nitrogens is 4. The number of rotatable bonds is 8. The smallest absolute Gasteiger partial charge is 0.243 e. The molecule has 166 valence electrons. The first-order valence-electron chi connectivity index (χ1n) is 10.8. The first kappa shape index (κ1) is 20.7. The summed E-state index contributed by atoms with van der Waals surface area (Å²) in [6.45, 7) is 0.489. The van der Waals surface area contributed by atoms with E-state index in [0.717, 1.165) is 50.6 Å². The number of fused-ring (bicyclic) bond motifs is 2. The average molecular weight is 441 g/mol. The van der Waals surface area contributed by atoms with Crippen LogP contribution in [-0.2, 0) is 4.79 Å². The molecule has 2 aromatic heterocycles. The van der Waals surface area contributed by atoms with Gasteiger partial charge >= 0.3 is 0 Å². The minimum Gasteiger partial charge on any atom is -0.494 e. The number of aromatic amines is 2. The molecule has 5 aromatic rings. The fourth-order valence-electron chi connectivity index (χ4n) is 3.75. The lowest BCUT2D eigenvalue weighted by atomic mass is 10.2. The Morgan fingerprint density at radius 1 is 0.848 bits per heavy atom. The van der Waals surface area contributed by atoms with E-state index in [1.165, 1.54) is 0 Å². The zero-order valence-electron chi connectivity index (χ0n) is 17.8. The summed E-state index contributed by atoms with van der Waals surface area (Å²) in [6.07, 6.45) is 1.63. The van der Waals surface area contributed by atoms with Crippen LogP contribution in [0.15, 0.2) is 66.7 Å². The van der Waals surface area contributed by atoms with Crippen molar-refractivity contribution in [3.63, 3.8) is 0 Å². The predicted molar refractivity (Wildman–Crippen MR) is 126 cm³/mol. The first-order valence-corrected chi connectivity index (χ1v) is 10.8. The second-order valence-corrected chi connectivity index (χ2v) is 7.79. The molecular formula is C25H23N5O3. The van der Waals surface area contributed by atoms with E-state index in [2.05, 4.69) is 15.0 Å². The molecular weight excluding hydrogens is 418 g/mol. The van der Waals surface area contributed by atoms with Crippen molar-refractivity contribution in [1.82, 2.24) is 25.4 Å². The molecule has 5 rings (SSSR count). The number of amides is 1. The first-order chi connectivity index (χ1) is 16.2. The summed E-state index contributed by atoms with van der Waals surface area (Å²) in [7, 11) is 0. The van der Waals surface area contributed by atoms with Crippen LogP contribution >= 0.6 is 0 Å². The standard InChI is InChI=1S/C25H23N5O3/c31-23(30-32)10-3-4-13-33-18-7-5-6-16(14-18)24-28-21-12-11-17(15-22(21)29-24)25-26-19-8-1-2-9-20(19)27-25/h1-2,5-9,11-12,14-15,32H,3-4,10,13H2,(H,26,27)(H,28,29)(H,30,31). The summed E-state index contributed by atoms with van der Waals surface area (Å²) in [5.41, 5.74) is 7.29. The number of nitrogens with one attached hydrogen (secondary N) is 3. The summed E-state index contributed by atoms with van der Waals surface area (Å²) in [6, 6.07) is 21.8. The van der Waals surface area contributed by atoms with E-state index in [9.17, 15) is 4.79 Å². The van der Waals surface area contributed by atoms with Crippen molar-refractivity contribution in [3.05, 3.63) is 66.7 Å². The zero-order valence-corrected chi connectivity index (χ0v) is 17.8. The Bertz CT molecular complexity index is 1390. The number of hydrogen-bond acceptors (Lipinski definition) is 5. The molecule has 0 spiro atoms. The number of carbonyl (C=O) groups excluding carboxylic acids is 1. The molecule has 0 aliphatic heterocycles. The van der Waals surface area contributed by atoms with Gasteiger partial charge in [-0.25, -0.2) is 15.4 Å². The third-order valence-corrected chi connectivity index (χ3v) is 5.44. The topological polar surface area (TPSA) is 116 Å². The maximum absolute atomic E-state index is 11.0. The highest BCUT2D eigenvalue weighted by Gasteiger charge is 2.10. The van der Waals surface area contributed by atoms with Crippen molar-refractivity contribution in [2.75, 3.05) is 6.61 Å². The second-order valence-electron chi connectivity index (χ2n) is 7.79. The summed E-state index contributed by atoms with van der Waals surface area (Å²) in [5.74, 6) is 1.94. The van der Waals surface area contributed by atoms with Gasteiger partial charge in [0.05, 0.1) is 28.7 Å². The third kappa shape index (κ3) is 4.56. The summed E-state index contributed by atoms with van der Waals surface area (Å²) < 4.78 is 5.82. The van der Waals surface area contributed by atoms with Gasteiger partial charge in [0.2, 0.25) is 5.91 Å². The van der Waals surface area contributed by atoms with Crippen LogP contribution in [-0.4, -0.2) is 37.7 Å². The molecule has 8 nitrogen and oxygen atoms in total. The van der Waals surface area contributed by atoms with Crippen LogP contribution in [0.5, 0.6) is 5.75 Å². The molecule has 2 heterocycles. The van der Waals surface area contributed by atoms with Crippen molar-refractivity contribution in [1.29, 1.82) is 0 Å². The molecule has 3 aromatic carbocycles. The van der Waals surface area contributed by atoms with Crippen LogP contribution in [0.3, 0.4) is 0 Å². The number of unbranched alkanes of at least 4 members (excludes halogenated alkanes) is 1. The molecule has 0 aliphatic carbocycles.